The molecule has 1 unspecified atom stereocenters. The number of hydrogen-bond donors (Lipinski definition) is 0. The first-order valence-corrected chi connectivity index (χ1v) is 9.85. The summed E-state index contributed by atoms with van der Waals surface area (Å²) in [5.74, 6) is 0.771. The lowest BCUT2D eigenvalue weighted by Gasteiger charge is -2.42. The van der Waals surface area contributed by atoms with Crippen molar-refractivity contribution in [2.45, 2.75) is 57.5 Å². The van der Waals surface area contributed by atoms with Gasteiger partial charge in [-0.05, 0) is 68.2 Å². The third-order valence-corrected chi connectivity index (χ3v) is 7.32. The molecule has 3 heteroatoms. The quantitative estimate of drug-likeness (QED) is 0.834. The van der Waals surface area contributed by atoms with Crippen LogP contribution in [0.1, 0.15) is 49.7 Å². The summed E-state index contributed by atoms with van der Waals surface area (Å²) in [6, 6.07) is 9.48. The predicted molar refractivity (Wildman–Crippen MR) is 94.5 cm³/mol. The molecule has 0 N–H and O–H groups in total. The maximum absolute atomic E-state index is 13.0. The van der Waals surface area contributed by atoms with Gasteiger partial charge in [0.1, 0.15) is 0 Å². The number of likely N-dealkylation sites (tertiary alicyclic amines) is 1. The van der Waals surface area contributed by atoms with Crippen molar-refractivity contribution in [2.24, 2.45) is 11.3 Å². The van der Waals surface area contributed by atoms with Crippen molar-refractivity contribution < 1.29 is 4.79 Å². The fourth-order valence-electron chi connectivity index (χ4n) is 5.24. The van der Waals surface area contributed by atoms with Crippen LogP contribution in [-0.2, 0) is 17.8 Å². The van der Waals surface area contributed by atoms with Gasteiger partial charge in [0.2, 0.25) is 5.91 Å². The number of nitrogens with zero attached hydrogens (tertiary/aromatic N) is 2. The molecule has 2 aliphatic heterocycles. The summed E-state index contributed by atoms with van der Waals surface area (Å²) in [5, 5.41) is 0. The second-order valence-electron chi connectivity index (χ2n) is 8.52. The molecule has 3 fully saturated rings. The lowest BCUT2D eigenvalue weighted by Crippen LogP contribution is -2.46. The van der Waals surface area contributed by atoms with E-state index in [0.29, 0.717) is 17.2 Å². The number of fused-ring (bicyclic) bond motifs is 1. The molecule has 1 atom stereocenters. The van der Waals surface area contributed by atoms with E-state index in [4.69, 9.17) is 0 Å². The Hall–Kier alpha value is -1.35. The summed E-state index contributed by atoms with van der Waals surface area (Å²) in [6.45, 7) is 4.21. The third-order valence-electron chi connectivity index (χ3n) is 7.32. The van der Waals surface area contributed by atoms with E-state index in [1.54, 1.807) is 0 Å². The van der Waals surface area contributed by atoms with Crippen molar-refractivity contribution in [1.29, 1.82) is 0 Å². The Labute approximate surface area is 145 Å². The van der Waals surface area contributed by atoms with Gasteiger partial charge >= 0.3 is 0 Å². The van der Waals surface area contributed by atoms with E-state index in [-0.39, 0.29) is 0 Å². The van der Waals surface area contributed by atoms with Crippen LogP contribution in [0.15, 0.2) is 24.3 Å². The van der Waals surface area contributed by atoms with Crippen LogP contribution in [0.25, 0.3) is 0 Å². The minimum Gasteiger partial charge on any atom is -0.338 e. The van der Waals surface area contributed by atoms with Crippen molar-refractivity contribution in [3.05, 3.63) is 35.4 Å². The van der Waals surface area contributed by atoms with Crippen LogP contribution < -0.4 is 0 Å². The molecule has 1 amide bonds. The van der Waals surface area contributed by atoms with Crippen LogP contribution in [-0.4, -0.2) is 41.4 Å². The maximum Gasteiger partial charge on any atom is 0.226 e. The average molecular weight is 324 g/mol. The summed E-state index contributed by atoms with van der Waals surface area (Å²) in [7, 11) is 0. The number of piperidine rings is 1. The summed E-state index contributed by atoms with van der Waals surface area (Å²) < 4.78 is 0. The summed E-state index contributed by atoms with van der Waals surface area (Å²) in [4.78, 5) is 17.9. The van der Waals surface area contributed by atoms with Gasteiger partial charge in [-0.3, -0.25) is 4.79 Å². The largest absolute Gasteiger partial charge is 0.338 e. The Balaban J connectivity index is 1.21. The molecule has 4 aliphatic rings. The van der Waals surface area contributed by atoms with Gasteiger partial charge in [0.25, 0.3) is 0 Å². The Kier molecular flexibility index (Phi) is 3.48. The lowest BCUT2D eigenvalue weighted by molar-refractivity contribution is -0.134. The van der Waals surface area contributed by atoms with Gasteiger partial charge in [-0.1, -0.05) is 30.7 Å². The van der Waals surface area contributed by atoms with Crippen molar-refractivity contribution in [3.8, 4) is 0 Å². The van der Waals surface area contributed by atoms with E-state index in [1.807, 2.05) is 0 Å². The van der Waals surface area contributed by atoms with E-state index in [2.05, 4.69) is 34.1 Å². The van der Waals surface area contributed by atoms with Crippen LogP contribution in [0, 0.1) is 11.3 Å². The van der Waals surface area contributed by atoms with Crippen molar-refractivity contribution in [3.63, 3.8) is 0 Å². The summed E-state index contributed by atoms with van der Waals surface area (Å²) in [5.41, 5.74) is 3.15. The highest BCUT2D eigenvalue weighted by Crippen LogP contribution is 2.60. The molecule has 2 saturated carbocycles. The number of hydrogen-bond acceptors (Lipinski definition) is 2. The molecule has 1 aromatic carbocycles. The van der Waals surface area contributed by atoms with Crippen molar-refractivity contribution >= 4 is 5.91 Å². The second kappa shape index (κ2) is 5.59. The van der Waals surface area contributed by atoms with Crippen LogP contribution in [0.4, 0.5) is 0 Å². The molecule has 24 heavy (non-hydrogen) atoms. The second-order valence-corrected chi connectivity index (χ2v) is 8.52. The molecule has 1 aromatic rings. The van der Waals surface area contributed by atoms with E-state index in [1.165, 1.54) is 56.3 Å². The third kappa shape index (κ3) is 2.40. The summed E-state index contributed by atoms with van der Waals surface area (Å²) in [6.07, 6.45) is 8.92. The van der Waals surface area contributed by atoms with Gasteiger partial charge in [-0.25, -0.2) is 0 Å². The normalized spacial score (nSPS) is 29.2. The van der Waals surface area contributed by atoms with E-state index < -0.39 is 0 Å². The van der Waals surface area contributed by atoms with Crippen molar-refractivity contribution in [1.82, 2.24) is 9.80 Å². The molecule has 0 bridgehead atoms. The van der Waals surface area contributed by atoms with E-state index >= 15 is 0 Å². The molecule has 1 spiro atoms. The molecule has 5 rings (SSSR count). The smallest absolute Gasteiger partial charge is 0.226 e. The first-order valence-electron chi connectivity index (χ1n) is 9.85. The number of amides is 1. The molecule has 2 heterocycles. The topological polar surface area (TPSA) is 23.6 Å². The van der Waals surface area contributed by atoms with Crippen LogP contribution >= 0.6 is 0 Å². The number of benzene rings is 1. The van der Waals surface area contributed by atoms with Crippen LogP contribution in [0.3, 0.4) is 0 Å². The highest BCUT2D eigenvalue weighted by Gasteiger charge is 2.59. The predicted octanol–water partition coefficient (Wildman–Crippen LogP) is 3.23. The van der Waals surface area contributed by atoms with Gasteiger partial charge in [0, 0.05) is 25.0 Å². The number of rotatable bonds is 2. The summed E-state index contributed by atoms with van der Waals surface area (Å²) >= 11 is 0. The zero-order valence-corrected chi connectivity index (χ0v) is 14.5. The molecule has 0 aromatic heterocycles. The maximum atomic E-state index is 13.0. The van der Waals surface area contributed by atoms with Gasteiger partial charge < -0.3 is 9.80 Å². The first-order chi connectivity index (χ1) is 11.8. The zero-order chi connectivity index (χ0) is 16.1. The lowest BCUT2D eigenvalue weighted by atomic mass is 9.85. The Morgan fingerprint density at radius 3 is 2.50 bits per heavy atom. The Bertz CT molecular complexity index is 643. The highest BCUT2D eigenvalue weighted by molar-refractivity contribution is 5.83. The molecular formula is C21H28N2O. The Morgan fingerprint density at radius 2 is 1.79 bits per heavy atom. The standard InChI is InChI=1S/C21H28N2O/c24-20(23-11-8-16-4-1-2-5-17(16)15-23)19-14-21(19)9-12-22(13-10-21)18-6-3-7-18/h1-2,4-5,18-19H,3,6-15H2. The molecule has 2 aliphatic carbocycles. The number of carbonyl (C=O) groups excluding carboxylic acids is 1. The minimum atomic E-state index is 0.325. The fraction of sp³-hybridized carbons (Fsp3) is 0.667. The first kappa shape index (κ1) is 14.9. The monoisotopic (exact) mass is 324 g/mol. The van der Waals surface area contributed by atoms with Gasteiger partial charge in [0.15, 0.2) is 0 Å². The fourth-order valence-corrected chi connectivity index (χ4v) is 5.24. The molecule has 1 saturated heterocycles. The minimum absolute atomic E-state index is 0.325. The van der Waals surface area contributed by atoms with Crippen molar-refractivity contribution in [2.75, 3.05) is 19.6 Å². The Morgan fingerprint density at radius 1 is 1.04 bits per heavy atom. The van der Waals surface area contributed by atoms with E-state index in [0.717, 1.165) is 32.0 Å². The SMILES string of the molecule is O=C(C1CC12CCN(C1CCC1)CC2)N1CCc2ccccc2C1. The molecule has 128 valence electrons. The van der Waals surface area contributed by atoms with Crippen LogP contribution in [0.5, 0.6) is 0 Å². The van der Waals surface area contributed by atoms with Crippen LogP contribution in [0.2, 0.25) is 0 Å². The highest BCUT2D eigenvalue weighted by atomic mass is 16.2. The van der Waals surface area contributed by atoms with Gasteiger partial charge in [-0.15, -0.1) is 0 Å². The van der Waals surface area contributed by atoms with Gasteiger partial charge in [0.05, 0.1) is 0 Å². The molecule has 0 radical (unpaired) electrons. The van der Waals surface area contributed by atoms with Gasteiger partial charge in [-0.2, -0.15) is 0 Å². The molecular weight excluding hydrogens is 296 g/mol. The molecule has 3 nitrogen and oxygen atoms in total. The van der Waals surface area contributed by atoms with E-state index in [9.17, 15) is 4.79 Å². The average Bonchev–Trinajstić information content (AvgIpc) is 3.28. The zero-order valence-electron chi connectivity index (χ0n) is 14.5. The number of carbonyl (C=O) groups is 1.